The van der Waals surface area contributed by atoms with Gasteiger partial charge in [0.25, 0.3) is 0 Å². The average Bonchev–Trinajstić information content (AvgIpc) is 2.52. The first kappa shape index (κ1) is 13.9. The summed E-state index contributed by atoms with van der Waals surface area (Å²) < 4.78 is 0. The highest BCUT2D eigenvalue weighted by Gasteiger charge is 2.46. The Balaban J connectivity index is 1.83. The van der Waals surface area contributed by atoms with Crippen LogP contribution >= 0.6 is 0 Å². The molecule has 5 nitrogen and oxygen atoms in total. The Hall–Kier alpha value is -2.04. The number of piperidine rings is 1. The van der Waals surface area contributed by atoms with E-state index in [0.29, 0.717) is 39.0 Å². The molecule has 2 N–H and O–H groups in total. The van der Waals surface area contributed by atoms with Gasteiger partial charge in [0.05, 0.1) is 5.41 Å². The fourth-order valence-corrected chi connectivity index (χ4v) is 3.46. The van der Waals surface area contributed by atoms with Gasteiger partial charge < -0.3 is 15.5 Å². The molecular formula is C16H21N3O2. The number of amides is 3. The van der Waals surface area contributed by atoms with Crippen LogP contribution in [-0.2, 0) is 16.8 Å². The summed E-state index contributed by atoms with van der Waals surface area (Å²) in [6.45, 7) is 4.38. The summed E-state index contributed by atoms with van der Waals surface area (Å²) in [6, 6.07) is 8.11. The molecule has 3 amide bonds. The highest BCUT2D eigenvalue weighted by Crippen LogP contribution is 2.39. The highest BCUT2D eigenvalue weighted by molar-refractivity contribution is 5.90. The second kappa shape index (κ2) is 5.39. The van der Waals surface area contributed by atoms with E-state index < -0.39 is 5.41 Å². The number of rotatable bonds is 1. The molecule has 2 heterocycles. The summed E-state index contributed by atoms with van der Waals surface area (Å²) in [7, 11) is 0. The number of fused-ring (bicyclic) bond motifs is 2. The van der Waals surface area contributed by atoms with Gasteiger partial charge in [-0.25, -0.2) is 4.79 Å². The van der Waals surface area contributed by atoms with Crippen molar-refractivity contribution in [2.45, 2.75) is 31.7 Å². The van der Waals surface area contributed by atoms with Crippen molar-refractivity contribution in [1.29, 1.82) is 0 Å². The predicted molar refractivity (Wildman–Crippen MR) is 79.8 cm³/mol. The van der Waals surface area contributed by atoms with Gasteiger partial charge in [0.1, 0.15) is 0 Å². The maximum Gasteiger partial charge on any atom is 0.317 e. The molecule has 21 heavy (non-hydrogen) atoms. The number of likely N-dealkylation sites (tertiary alicyclic amines) is 1. The van der Waals surface area contributed by atoms with E-state index in [-0.39, 0.29) is 11.9 Å². The molecule has 0 aliphatic carbocycles. The Morgan fingerprint density at radius 3 is 2.76 bits per heavy atom. The molecule has 5 heteroatoms. The van der Waals surface area contributed by atoms with Crippen molar-refractivity contribution in [3.63, 3.8) is 0 Å². The summed E-state index contributed by atoms with van der Waals surface area (Å²) in [5.74, 6) is 0.108. The molecule has 3 rings (SSSR count). The second-order valence-electron chi connectivity index (χ2n) is 5.74. The van der Waals surface area contributed by atoms with E-state index in [1.165, 1.54) is 5.56 Å². The van der Waals surface area contributed by atoms with Crippen LogP contribution in [0.15, 0.2) is 24.3 Å². The van der Waals surface area contributed by atoms with Gasteiger partial charge in [-0.15, -0.1) is 0 Å². The third-order valence-corrected chi connectivity index (χ3v) is 4.64. The Morgan fingerprint density at radius 1 is 1.33 bits per heavy atom. The molecule has 0 atom stereocenters. The molecule has 0 bridgehead atoms. The number of nitrogens with one attached hydrogen (secondary N) is 2. The van der Waals surface area contributed by atoms with Crippen LogP contribution in [0.3, 0.4) is 0 Å². The van der Waals surface area contributed by atoms with Crippen molar-refractivity contribution in [2.24, 2.45) is 0 Å². The first-order valence-electron chi connectivity index (χ1n) is 7.57. The Bertz CT molecular complexity index is 562. The first-order chi connectivity index (χ1) is 10.2. The quantitative estimate of drug-likeness (QED) is 0.819. The van der Waals surface area contributed by atoms with Crippen molar-refractivity contribution in [3.8, 4) is 0 Å². The van der Waals surface area contributed by atoms with Crippen molar-refractivity contribution >= 4 is 11.9 Å². The molecule has 112 valence electrons. The second-order valence-corrected chi connectivity index (χ2v) is 5.74. The number of carbonyl (C=O) groups excluding carboxylic acids is 2. The lowest BCUT2D eigenvalue weighted by atomic mass is 9.69. The third kappa shape index (κ3) is 2.26. The normalized spacial score (nSPS) is 19.9. The van der Waals surface area contributed by atoms with Gasteiger partial charge in [-0.2, -0.15) is 0 Å². The fraction of sp³-hybridized carbons (Fsp3) is 0.500. The van der Waals surface area contributed by atoms with E-state index in [0.717, 1.165) is 5.56 Å². The van der Waals surface area contributed by atoms with Crippen LogP contribution in [-0.4, -0.2) is 36.5 Å². The van der Waals surface area contributed by atoms with E-state index in [4.69, 9.17) is 0 Å². The molecule has 0 radical (unpaired) electrons. The van der Waals surface area contributed by atoms with Gasteiger partial charge in [0.15, 0.2) is 0 Å². The molecule has 1 aromatic carbocycles. The SMILES string of the molecule is CCNC(=O)N1CCC2(CC1)C(=O)NCc1ccccc12. The summed E-state index contributed by atoms with van der Waals surface area (Å²) in [5.41, 5.74) is 1.88. The van der Waals surface area contributed by atoms with Crippen LogP contribution in [0.4, 0.5) is 4.79 Å². The fourth-order valence-electron chi connectivity index (χ4n) is 3.46. The van der Waals surface area contributed by atoms with Crippen LogP contribution in [0.25, 0.3) is 0 Å². The van der Waals surface area contributed by atoms with Gasteiger partial charge in [-0.1, -0.05) is 24.3 Å². The zero-order valence-corrected chi connectivity index (χ0v) is 12.3. The summed E-state index contributed by atoms with van der Waals surface area (Å²) in [5, 5.41) is 5.83. The van der Waals surface area contributed by atoms with E-state index in [1.807, 2.05) is 19.1 Å². The van der Waals surface area contributed by atoms with Gasteiger partial charge in [-0.3, -0.25) is 4.79 Å². The number of nitrogens with zero attached hydrogens (tertiary/aromatic N) is 1. The van der Waals surface area contributed by atoms with E-state index in [2.05, 4.69) is 22.8 Å². The van der Waals surface area contributed by atoms with Crippen LogP contribution in [0.1, 0.15) is 30.9 Å². The molecule has 1 saturated heterocycles. The summed E-state index contributed by atoms with van der Waals surface area (Å²) in [4.78, 5) is 26.2. The Morgan fingerprint density at radius 2 is 2.05 bits per heavy atom. The van der Waals surface area contributed by atoms with Gasteiger partial charge in [-0.05, 0) is 30.9 Å². The number of urea groups is 1. The molecule has 0 saturated carbocycles. The maximum atomic E-state index is 12.5. The van der Waals surface area contributed by atoms with Crippen molar-refractivity contribution in [1.82, 2.24) is 15.5 Å². The highest BCUT2D eigenvalue weighted by atomic mass is 16.2. The van der Waals surface area contributed by atoms with Crippen molar-refractivity contribution in [2.75, 3.05) is 19.6 Å². The summed E-state index contributed by atoms with van der Waals surface area (Å²) >= 11 is 0. The Labute approximate surface area is 124 Å². The number of carbonyl (C=O) groups is 2. The predicted octanol–water partition coefficient (Wildman–Crippen LogP) is 1.38. The zero-order valence-electron chi connectivity index (χ0n) is 12.3. The molecule has 1 fully saturated rings. The first-order valence-corrected chi connectivity index (χ1v) is 7.57. The van der Waals surface area contributed by atoms with Gasteiger partial charge in [0.2, 0.25) is 5.91 Å². The third-order valence-electron chi connectivity index (χ3n) is 4.64. The molecule has 0 unspecified atom stereocenters. The minimum atomic E-state index is -0.460. The van der Waals surface area contributed by atoms with Gasteiger partial charge in [0, 0.05) is 26.2 Å². The van der Waals surface area contributed by atoms with Crippen LogP contribution in [0, 0.1) is 0 Å². The standard InChI is InChI=1S/C16H21N3O2/c1-2-17-15(21)19-9-7-16(8-10-19)13-6-4-3-5-12(13)11-18-14(16)20/h3-6H,2,7-11H2,1H3,(H,17,21)(H,18,20). The minimum absolute atomic E-state index is 0.0307. The van der Waals surface area contributed by atoms with Crippen molar-refractivity contribution < 1.29 is 9.59 Å². The van der Waals surface area contributed by atoms with Crippen LogP contribution < -0.4 is 10.6 Å². The number of hydrogen-bond donors (Lipinski definition) is 2. The van der Waals surface area contributed by atoms with Crippen molar-refractivity contribution in [3.05, 3.63) is 35.4 Å². The van der Waals surface area contributed by atoms with Crippen LogP contribution in [0.2, 0.25) is 0 Å². The topological polar surface area (TPSA) is 61.4 Å². The smallest absolute Gasteiger partial charge is 0.317 e. The molecule has 2 aliphatic rings. The van der Waals surface area contributed by atoms with Gasteiger partial charge >= 0.3 is 6.03 Å². The summed E-state index contributed by atoms with van der Waals surface area (Å²) in [6.07, 6.45) is 1.37. The molecule has 0 aromatic heterocycles. The molecular weight excluding hydrogens is 266 g/mol. The minimum Gasteiger partial charge on any atom is -0.351 e. The van der Waals surface area contributed by atoms with Crippen LogP contribution in [0.5, 0.6) is 0 Å². The van der Waals surface area contributed by atoms with E-state index >= 15 is 0 Å². The largest absolute Gasteiger partial charge is 0.351 e. The average molecular weight is 287 g/mol. The molecule has 2 aliphatic heterocycles. The monoisotopic (exact) mass is 287 g/mol. The number of benzene rings is 1. The molecule has 1 spiro atoms. The molecule has 1 aromatic rings. The maximum absolute atomic E-state index is 12.5. The lowest BCUT2D eigenvalue weighted by Gasteiger charge is -2.43. The lowest BCUT2D eigenvalue weighted by molar-refractivity contribution is -0.129. The number of hydrogen-bond acceptors (Lipinski definition) is 2. The Kier molecular flexibility index (Phi) is 3.57. The van der Waals surface area contributed by atoms with E-state index in [1.54, 1.807) is 4.90 Å². The van der Waals surface area contributed by atoms with E-state index in [9.17, 15) is 9.59 Å². The lowest BCUT2D eigenvalue weighted by Crippen LogP contribution is -2.56. The zero-order chi connectivity index (χ0) is 14.9.